The highest BCUT2D eigenvalue weighted by Crippen LogP contribution is 2.19. The van der Waals surface area contributed by atoms with Gasteiger partial charge in [0.2, 0.25) is 5.91 Å². The number of aromatic nitrogens is 1. The van der Waals surface area contributed by atoms with Crippen molar-refractivity contribution in [2.24, 2.45) is 0 Å². The first-order chi connectivity index (χ1) is 7.65. The topological polar surface area (TPSA) is 54.0 Å². The van der Waals surface area contributed by atoms with Crippen molar-refractivity contribution in [1.29, 1.82) is 0 Å². The molecule has 1 atom stereocenters. The molecule has 1 amide bonds. The van der Waals surface area contributed by atoms with Crippen molar-refractivity contribution in [2.75, 3.05) is 5.32 Å². The van der Waals surface area contributed by atoms with E-state index in [9.17, 15) is 4.79 Å². The Labute approximate surface area is 103 Å². The van der Waals surface area contributed by atoms with E-state index in [1.54, 1.807) is 0 Å². The molecule has 1 heterocycles. The van der Waals surface area contributed by atoms with Crippen molar-refractivity contribution in [2.45, 2.75) is 31.8 Å². The molecule has 0 radical (unpaired) electrons. The first kappa shape index (κ1) is 11.4. The SMILES string of the molecule is CC(Nc1cccc(Br)n1)C(=O)NC1CC1. The molecule has 2 N–H and O–H groups in total. The fourth-order valence-corrected chi connectivity index (χ4v) is 1.67. The minimum Gasteiger partial charge on any atom is -0.359 e. The molecule has 16 heavy (non-hydrogen) atoms. The summed E-state index contributed by atoms with van der Waals surface area (Å²) in [6, 6.07) is 5.70. The smallest absolute Gasteiger partial charge is 0.242 e. The molecule has 1 aromatic rings. The van der Waals surface area contributed by atoms with Crippen molar-refractivity contribution in [1.82, 2.24) is 10.3 Å². The largest absolute Gasteiger partial charge is 0.359 e. The number of carbonyl (C=O) groups excluding carboxylic acids is 1. The third-order valence-electron chi connectivity index (χ3n) is 2.40. The zero-order valence-electron chi connectivity index (χ0n) is 9.03. The van der Waals surface area contributed by atoms with Gasteiger partial charge in [-0.2, -0.15) is 0 Å². The van der Waals surface area contributed by atoms with Gasteiger partial charge in [-0.1, -0.05) is 6.07 Å². The van der Waals surface area contributed by atoms with Gasteiger partial charge in [-0.25, -0.2) is 4.98 Å². The number of nitrogens with zero attached hydrogens (tertiary/aromatic N) is 1. The molecular weight excluding hydrogens is 270 g/mol. The van der Waals surface area contributed by atoms with E-state index in [1.165, 1.54) is 0 Å². The summed E-state index contributed by atoms with van der Waals surface area (Å²) in [6.45, 7) is 1.83. The molecule has 1 fully saturated rings. The normalized spacial score (nSPS) is 16.6. The number of hydrogen-bond donors (Lipinski definition) is 2. The van der Waals surface area contributed by atoms with Crippen LogP contribution >= 0.6 is 15.9 Å². The van der Waals surface area contributed by atoms with E-state index in [0.29, 0.717) is 11.9 Å². The molecule has 2 rings (SSSR count). The molecule has 86 valence electrons. The summed E-state index contributed by atoms with van der Waals surface area (Å²) in [5.41, 5.74) is 0. The molecule has 0 spiro atoms. The Bertz CT molecular complexity index is 393. The summed E-state index contributed by atoms with van der Waals surface area (Å²) in [7, 11) is 0. The molecule has 4 nitrogen and oxygen atoms in total. The lowest BCUT2D eigenvalue weighted by atomic mass is 10.3. The standard InChI is InChI=1S/C11H14BrN3O/c1-7(11(16)14-8-5-6-8)13-10-4-2-3-9(12)15-10/h2-4,7-8H,5-6H2,1H3,(H,13,15)(H,14,16). The fraction of sp³-hybridized carbons (Fsp3) is 0.455. The van der Waals surface area contributed by atoms with Crippen LogP contribution in [0.1, 0.15) is 19.8 Å². The number of halogens is 1. The van der Waals surface area contributed by atoms with Crippen LogP contribution in [0.3, 0.4) is 0 Å². The van der Waals surface area contributed by atoms with E-state index in [1.807, 2.05) is 25.1 Å². The van der Waals surface area contributed by atoms with Gasteiger partial charge in [0.05, 0.1) is 0 Å². The summed E-state index contributed by atoms with van der Waals surface area (Å²) >= 11 is 3.29. The second kappa shape index (κ2) is 4.82. The Morgan fingerprint density at radius 1 is 1.56 bits per heavy atom. The first-order valence-electron chi connectivity index (χ1n) is 5.34. The van der Waals surface area contributed by atoms with Crippen LogP contribution in [0.2, 0.25) is 0 Å². The highest BCUT2D eigenvalue weighted by atomic mass is 79.9. The Kier molecular flexibility index (Phi) is 3.43. The van der Waals surface area contributed by atoms with Crippen LogP contribution < -0.4 is 10.6 Å². The molecule has 1 aromatic heterocycles. The van der Waals surface area contributed by atoms with Crippen molar-refractivity contribution in [3.8, 4) is 0 Å². The predicted octanol–water partition coefficient (Wildman–Crippen LogP) is 1.92. The first-order valence-corrected chi connectivity index (χ1v) is 6.14. The van der Waals surface area contributed by atoms with Gasteiger partial charge < -0.3 is 10.6 Å². The quantitative estimate of drug-likeness (QED) is 0.831. The molecule has 0 saturated heterocycles. The van der Waals surface area contributed by atoms with Crippen molar-refractivity contribution in [3.05, 3.63) is 22.8 Å². The Morgan fingerprint density at radius 3 is 2.94 bits per heavy atom. The summed E-state index contributed by atoms with van der Waals surface area (Å²) in [4.78, 5) is 15.9. The minimum atomic E-state index is -0.262. The predicted molar refractivity (Wildman–Crippen MR) is 66.2 cm³/mol. The van der Waals surface area contributed by atoms with E-state index in [4.69, 9.17) is 0 Å². The van der Waals surface area contributed by atoms with Gasteiger partial charge in [-0.3, -0.25) is 4.79 Å². The Morgan fingerprint density at radius 2 is 2.31 bits per heavy atom. The molecule has 1 saturated carbocycles. The van der Waals surface area contributed by atoms with Gasteiger partial charge >= 0.3 is 0 Å². The second-order valence-electron chi connectivity index (χ2n) is 3.99. The van der Waals surface area contributed by atoms with Crippen LogP contribution in [0.15, 0.2) is 22.8 Å². The minimum absolute atomic E-state index is 0.0317. The van der Waals surface area contributed by atoms with Crippen LogP contribution in [0.25, 0.3) is 0 Å². The van der Waals surface area contributed by atoms with E-state index >= 15 is 0 Å². The molecule has 0 bridgehead atoms. The van der Waals surface area contributed by atoms with Crippen LogP contribution in [0.5, 0.6) is 0 Å². The average Bonchev–Trinajstić information content (AvgIpc) is 3.01. The van der Waals surface area contributed by atoms with E-state index in [-0.39, 0.29) is 11.9 Å². The summed E-state index contributed by atoms with van der Waals surface area (Å²) in [5.74, 6) is 0.733. The lowest BCUT2D eigenvalue weighted by Crippen LogP contribution is -2.38. The summed E-state index contributed by atoms with van der Waals surface area (Å²) < 4.78 is 0.757. The summed E-state index contributed by atoms with van der Waals surface area (Å²) in [6.07, 6.45) is 2.21. The zero-order valence-corrected chi connectivity index (χ0v) is 10.6. The van der Waals surface area contributed by atoms with Crippen LogP contribution in [0.4, 0.5) is 5.82 Å². The maximum Gasteiger partial charge on any atom is 0.242 e. The summed E-state index contributed by atoms with van der Waals surface area (Å²) in [5, 5.41) is 6.01. The number of anilines is 1. The molecule has 0 aliphatic heterocycles. The molecule has 1 aliphatic rings. The molecular formula is C11H14BrN3O. The third kappa shape index (κ3) is 3.20. The second-order valence-corrected chi connectivity index (χ2v) is 4.81. The molecule has 5 heteroatoms. The number of nitrogens with one attached hydrogen (secondary N) is 2. The van der Waals surface area contributed by atoms with Gasteiger partial charge in [0.1, 0.15) is 16.5 Å². The van der Waals surface area contributed by atoms with Gasteiger partial charge in [0.25, 0.3) is 0 Å². The maximum absolute atomic E-state index is 11.7. The van der Waals surface area contributed by atoms with E-state index in [2.05, 4.69) is 31.5 Å². The van der Waals surface area contributed by atoms with Gasteiger partial charge in [-0.15, -0.1) is 0 Å². The highest BCUT2D eigenvalue weighted by Gasteiger charge is 2.25. The van der Waals surface area contributed by atoms with Crippen molar-refractivity contribution >= 4 is 27.7 Å². The zero-order chi connectivity index (χ0) is 11.5. The molecule has 1 aliphatic carbocycles. The number of amides is 1. The van der Waals surface area contributed by atoms with Crippen LogP contribution in [-0.4, -0.2) is 23.0 Å². The van der Waals surface area contributed by atoms with Gasteiger partial charge in [0.15, 0.2) is 0 Å². The lowest BCUT2D eigenvalue weighted by molar-refractivity contribution is -0.121. The van der Waals surface area contributed by atoms with E-state index < -0.39 is 0 Å². The maximum atomic E-state index is 11.7. The van der Waals surface area contributed by atoms with Crippen molar-refractivity contribution in [3.63, 3.8) is 0 Å². The number of pyridine rings is 1. The van der Waals surface area contributed by atoms with Crippen LogP contribution in [0, 0.1) is 0 Å². The number of rotatable bonds is 4. The van der Waals surface area contributed by atoms with Gasteiger partial charge in [-0.05, 0) is 47.8 Å². The number of hydrogen-bond acceptors (Lipinski definition) is 3. The average molecular weight is 284 g/mol. The monoisotopic (exact) mass is 283 g/mol. The third-order valence-corrected chi connectivity index (χ3v) is 2.84. The molecule has 1 unspecified atom stereocenters. The molecule has 0 aromatic carbocycles. The van der Waals surface area contributed by atoms with E-state index in [0.717, 1.165) is 17.4 Å². The Hall–Kier alpha value is -1.10. The van der Waals surface area contributed by atoms with Crippen LogP contribution in [-0.2, 0) is 4.79 Å². The Balaban J connectivity index is 1.90. The fourth-order valence-electron chi connectivity index (χ4n) is 1.33. The highest BCUT2D eigenvalue weighted by molar-refractivity contribution is 9.10. The lowest BCUT2D eigenvalue weighted by Gasteiger charge is -2.14. The number of carbonyl (C=O) groups is 1. The van der Waals surface area contributed by atoms with Gasteiger partial charge in [0, 0.05) is 6.04 Å². The van der Waals surface area contributed by atoms with Crippen molar-refractivity contribution < 1.29 is 4.79 Å².